The normalized spacial score (nSPS) is 10.6. The Balaban J connectivity index is 2.03. The maximum atomic E-state index is 11.4. The van der Waals surface area contributed by atoms with E-state index in [9.17, 15) is 9.59 Å². The Kier molecular flexibility index (Phi) is 3.87. The van der Waals surface area contributed by atoms with Crippen molar-refractivity contribution in [3.8, 4) is 0 Å². The summed E-state index contributed by atoms with van der Waals surface area (Å²) in [5.41, 5.74) is 6.08. The van der Waals surface area contributed by atoms with Gasteiger partial charge >= 0.3 is 5.97 Å². The number of aryl methyl sites for hydroxylation is 2. The molecule has 0 spiro atoms. The predicted octanol–water partition coefficient (Wildman–Crippen LogP) is -0.771. The molecule has 0 aliphatic rings. The molecular formula is C11H15N7O3. The summed E-state index contributed by atoms with van der Waals surface area (Å²) in [6, 6.07) is 0. The highest BCUT2D eigenvalue weighted by atomic mass is 16.4. The van der Waals surface area contributed by atoms with E-state index in [1.165, 1.54) is 15.6 Å². The van der Waals surface area contributed by atoms with Crippen molar-refractivity contribution in [1.82, 2.24) is 24.8 Å². The highest BCUT2D eigenvalue weighted by Crippen LogP contribution is 2.17. The van der Waals surface area contributed by atoms with Gasteiger partial charge in [0.05, 0.1) is 18.4 Å². The van der Waals surface area contributed by atoms with Gasteiger partial charge in [-0.3, -0.25) is 9.48 Å². The zero-order chi connectivity index (χ0) is 15.6. The van der Waals surface area contributed by atoms with Crippen molar-refractivity contribution in [1.29, 1.82) is 0 Å². The molecule has 0 aliphatic carbocycles. The molecule has 0 fully saturated rings. The fraction of sp³-hybridized carbons (Fsp3) is 0.364. The number of nitrogens with two attached hydrogens (primary N) is 1. The maximum Gasteiger partial charge on any atom is 0.358 e. The number of aromatic nitrogens is 5. The molecule has 0 aliphatic heterocycles. The number of carboxylic acids is 1. The van der Waals surface area contributed by atoms with Gasteiger partial charge in [-0.05, 0) is 6.92 Å². The molecule has 2 heterocycles. The summed E-state index contributed by atoms with van der Waals surface area (Å²) >= 11 is 0. The SMILES string of the molecule is Cc1nn(C)c(NCCn2cc(C(=O)O)nn2)c1C(N)=O. The molecule has 10 heteroatoms. The average Bonchev–Trinajstić information content (AvgIpc) is 2.95. The number of rotatable bonds is 6. The summed E-state index contributed by atoms with van der Waals surface area (Å²) < 4.78 is 2.92. The molecule has 0 aromatic carbocycles. The van der Waals surface area contributed by atoms with Crippen LogP contribution in [0, 0.1) is 6.92 Å². The molecule has 112 valence electrons. The van der Waals surface area contributed by atoms with Gasteiger partial charge < -0.3 is 16.2 Å². The van der Waals surface area contributed by atoms with Gasteiger partial charge in [-0.15, -0.1) is 5.10 Å². The van der Waals surface area contributed by atoms with Crippen molar-refractivity contribution >= 4 is 17.7 Å². The van der Waals surface area contributed by atoms with Gasteiger partial charge in [0.15, 0.2) is 5.69 Å². The van der Waals surface area contributed by atoms with Crippen molar-refractivity contribution in [3.63, 3.8) is 0 Å². The first-order chi connectivity index (χ1) is 9.90. The zero-order valence-corrected chi connectivity index (χ0v) is 11.6. The third-order valence-corrected chi connectivity index (χ3v) is 2.86. The number of primary amides is 1. The summed E-state index contributed by atoms with van der Waals surface area (Å²) in [7, 11) is 1.69. The fourth-order valence-electron chi connectivity index (χ4n) is 1.95. The van der Waals surface area contributed by atoms with Crippen LogP contribution in [0.2, 0.25) is 0 Å². The minimum absolute atomic E-state index is 0.121. The van der Waals surface area contributed by atoms with Crippen LogP contribution in [0.1, 0.15) is 26.5 Å². The fourth-order valence-corrected chi connectivity index (χ4v) is 1.95. The number of carbonyl (C=O) groups is 2. The lowest BCUT2D eigenvalue weighted by Gasteiger charge is -2.08. The molecular weight excluding hydrogens is 278 g/mol. The van der Waals surface area contributed by atoms with E-state index in [2.05, 4.69) is 20.7 Å². The first-order valence-electron chi connectivity index (χ1n) is 6.11. The van der Waals surface area contributed by atoms with E-state index >= 15 is 0 Å². The van der Waals surface area contributed by atoms with E-state index in [4.69, 9.17) is 10.8 Å². The molecule has 21 heavy (non-hydrogen) atoms. The van der Waals surface area contributed by atoms with E-state index in [1.807, 2.05) is 0 Å². The molecule has 1 amide bonds. The lowest BCUT2D eigenvalue weighted by molar-refractivity contribution is 0.0690. The van der Waals surface area contributed by atoms with E-state index in [-0.39, 0.29) is 5.69 Å². The molecule has 0 saturated carbocycles. The molecule has 0 saturated heterocycles. The van der Waals surface area contributed by atoms with Gasteiger partial charge in [-0.1, -0.05) is 5.21 Å². The van der Waals surface area contributed by atoms with Crippen LogP contribution in [-0.4, -0.2) is 48.3 Å². The summed E-state index contributed by atoms with van der Waals surface area (Å²) in [5.74, 6) is -1.18. The highest BCUT2D eigenvalue weighted by molar-refractivity contribution is 5.98. The number of carboxylic acid groups (broad SMARTS) is 1. The second-order valence-electron chi connectivity index (χ2n) is 4.40. The van der Waals surface area contributed by atoms with Gasteiger partial charge in [0, 0.05) is 13.6 Å². The Labute approximate surface area is 119 Å². The van der Waals surface area contributed by atoms with Crippen molar-refractivity contribution < 1.29 is 14.7 Å². The van der Waals surface area contributed by atoms with Crippen LogP contribution in [0.5, 0.6) is 0 Å². The minimum atomic E-state index is -1.13. The van der Waals surface area contributed by atoms with Gasteiger partial charge in [-0.25, -0.2) is 9.48 Å². The van der Waals surface area contributed by atoms with Crippen LogP contribution in [-0.2, 0) is 13.6 Å². The van der Waals surface area contributed by atoms with Crippen LogP contribution in [0.15, 0.2) is 6.20 Å². The quantitative estimate of drug-likeness (QED) is 0.635. The molecule has 0 atom stereocenters. The third-order valence-electron chi connectivity index (χ3n) is 2.86. The van der Waals surface area contributed by atoms with Gasteiger partial charge in [-0.2, -0.15) is 5.10 Å². The standard InChI is InChI=1S/C11H15N7O3/c1-6-8(9(12)19)10(17(2)15-6)13-3-4-18-5-7(11(20)21)14-16-18/h5,13H,3-4H2,1-2H3,(H2,12,19)(H,20,21). The second kappa shape index (κ2) is 5.61. The Hall–Kier alpha value is -2.91. The maximum absolute atomic E-state index is 11.4. The largest absolute Gasteiger partial charge is 0.476 e. The molecule has 10 nitrogen and oxygen atoms in total. The highest BCUT2D eigenvalue weighted by Gasteiger charge is 2.17. The Bertz CT molecular complexity index is 688. The number of carbonyl (C=O) groups excluding carboxylic acids is 1. The number of anilines is 1. The van der Waals surface area contributed by atoms with E-state index < -0.39 is 11.9 Å². The topological polar surface area (TPSA) is 141 Å². The molecule has 4 N–H and O–H groups in total. The smallest absolute Gasteiger partial charge is 0.358 e. The lowest BCUT2D eigenvalue weighted by atomic mass is 10.2. The average molecular weight is 293 g/mol. The van der Waals surface area contributed by atoms with Crippen LogP contribution in [0.3, 0.4) is 0 Å². The van der Waals surface area contributed by atoms with Crippen LogP contribution in [0.25, 0.3) is 0 Å². The molecule has 2 rings (SSSR count). The summed E-state index contributed by atoms with van der Waals surface area (Å²) in [6.07, 6.45) is 1.33. The second-order valence-corrected chi connectivity index (χ2v) is 4.40. The van der Waals surface area contributed by atoms with Crippen molar-refractivity contribution in [2.75, 3.05) is 11.9 Å². The van der Waals surface area contributed by atoms with Gasteiger partial charge in [0.1, 0.15) is 11.4 Å². The number of aromatic carboxylic acids is 1. The van der Waals surface area contributed by atoms with Crippen LogP contribution < -0.4 is 11.1 Å². The van der Waals surface area contributed by atoms with Crippen molar-refractivity contribution in [2.24, 2.45) is 12.8 Å². The number of amides is 1. The van der Waals surface area contributed by atoms with E-state index in [0.29, 0.717) is 30.2 Å². The van der Waals surface area contributed by atoms with Crippen LogP contribution in [0.4, 0.5) is 5.82 Å². The Morgan fingerprint density at radius 1 is 1.48 bits per heavy atom. The molecule has 0 unspecified atom stereocenters. The third kappa shape index (κ3) is 2.99. The van der Waals surface area contributed by atoms with E-state index in [0.717, 1.165) is 0 Å². The molecule has 0 bridgehead atoms. The zero-order valence-electron chi connectivity index (χ0n) is 11.6. The Morgan fingerprint density at radius 2 is 2.19 bits per heavy atom. The van der Waals surface area contributed by atoms with Crippen molar-refractivity contribution in [3.05, 3.63) is 23.1 Å². The predicted molar refractivity (Wildman–Crippen MR) is 71.9 cm³/mol. The lowest BCUT2D eigenvalue weighted by Crippen LogP contribution is -2.18. The molecule has 0 radical (unpaired) electrons. The van der Waals surface area contributed by atoms with Crippen LogP contribution >= 0.6 is 0 Å². The summed E-state index contributed by atoms with van der Waals surface area (Å²) in [4.78, 5) is 22.1. The van der Waals surface area contributed by atoms with Gasteiger partial charge in [0.25, 0.3) is 5.91 Å². The number of nitrogens with zero attached hydrogens (tertiary/aromatic N) is 5. The van der Waals surface area contributed by atoms with Crippen molar-refractivity contribution in [2.45, 2.75) is 13.5 Å². The minimum Gasteiger partial charge on any atom is -0.476 e. The first-order valence-corrected chi connectivity index (χ1v) is 6.11. The number of hydrogen-bond donors (Lipinski definition) is 3. The number of hydrogen-bond acceptors (Lipinski definition) is 6. The first kappa shape index (κ1) is 14.5. The number of nitrogens with one attached hydrogen (secondary N) is 1. The Morgan fingerprint density at radius 3 is 2.76 bits per heavy atom. The summed E-state index contributed by atoms with van der Waals surface area (Å²) in [6.45, 7) is 2.48. The molecule has 2 aromatic heterocycles. The molecule has 2 aromatic rings. The van der Waals surface area contributed by atoms with E-state index in [1.54, 1.807) is 14.0 Å². The van der Waals surface area contributed by atoms with Gasteiger partial charge in [0.2, 0.25) is 0 Å². The summed E-state index contributed by atoms with van der Waals surface area (Å²) in [5, 5.41) is 23.1. The monoisotopic (exact) mass is 293 g/mol.